The van der Waals surface area contributed by atoms with Crippen LogP contribution in [0.1, 0.15) is 10.4 Å². The zero-order chi connectivity index (χ0) is 16.1. The Labute approximate surface area is 145 Å². The molecule has 2 rings (SSSR count). The summed E-state index contributed by atoms with van der Waals surface area (Å²) in [4.78, 5) is 29.5. The topological polar surface area (TPSA) is 62.3 Å². The van der Waals surface area contributed by atoms with E-state index in [1.807, 2.05) is 18.2 Å². The van der Waals surface area contributed by atoms with Gasteiger partial charge in [0.1, 0.15) is 0 Å². The van der Waals surface area contributed by atoms with E-state index in [0.717, 1.165) is 4.47 Å². The second-order valence-corrected chi connectivity index (χ2v) is 6.35. The third-order valence-electron chi connectivity index (χ3n) is 2.83. The second kappa shape index (κ2) is 7.51. The molecule has 1 aromatic carbocycles. The van der Waals surface area contributed by atoms with Crippen LogP contribution in [0, 0.1) is 0 Å². The van der Waals surface area contributed by atoms with Gasteiger partial charge in [-0.1, -0.05) is 12.1 Å². The summed E-state index contributed by atoms with van der Waals surface area (Å²) in [5.74, 6) is -0.540. The lowest BCUT2D eigenvalue weighted by Gasteiger charge is -2.17. The quantitative estimate of drug-likeness (QED) is 0.815. The molecule has 114 valence electrons. The summed E-state index contributed by atoms with van der Waals surface area (Å²) < 4.78 is 1.50. The predicted molar refractivity (Wildman–Crippen MR) is 91.7 cm³/mol. The van der Waals surface area contributed by atoms with Gasteiger partial charge in [0.15, 0.2) is 0 Å². The van der Waals surface area contributed by atoms with E-state index in [4.69, 9.17) is 0 Å². The number of likely N-dealkylation sites (N-methyl/N-ethyl adjacent to an activating group) is 1. The number of benzene rings is 1. The molecule has 0 aliphatic heterocycles. The van der Waals surface area contributed by atoms with E-state index in [1.165, 1.54) is 11.1 Å². The molecule has 1 N–H and O–H groups in total. The van der Waals surface area contributed by atoms with Crippen molar-refractivity contribution >= 4 is 49.4 Å². The number of anilines is 1. The highest BCUT2D eigenvalue weighted by Gasteiger charge is 2.16. The normalized spacial score (nSPS) is 10.1. The van der Waals surface area contributed by atoms with E-state index in [1.54, 1.807) is 25.4 Å². The van der Waals surface area contributed by atoms with Gasteiger partial charge in [-0.15, -0.1) is 0 Å². The number of pyridine rings is 1. The summed E-state index contributed by atoms with van der Waals surface area (Å²) in [7, 11) is 1.57. The van der Waals surface area contributed by atoms with E-state index < -0.39 is 0 Å². The van der Waals surface area contributed by atoms with Gasteiger partial charge in [0.2, 0.25) is 5.91 Å². The van der Waals surface area contributed by atoms with Crippen LogP contribution in [0.15, 0.2) is 51.7 Å². The Bertz CT molecular complexity index is 707. The van der Waals surface area contributed by atoms with E-state index in [2.05, 4.69) is 42.2 Å². The number of amides is 2. The number of halogens is 2. The van der Waals surface area contributed by atoms with Gasteiger partial charge in [0.05, 0.1) is 17.8 Å². The van der Waals surface area contributed by atoms with Crippen LogP contribution in [0.3, 0.4) is 0 Å². The first-order valence-electron chi connectivity index (χ1n) is 6.38. The first kappa shape index (κ1) is 16.6. The lowest BCUT2D eigenvalue weighted by atomic mass is 10.2. The van der Waals surface area contributed by atoms with Crippen LogP contribution in [0.2, 0.25) is 0 Å². The third-order valence-corrected chi connectivity index (χ3v) is 3.95. The van der Waals surface area contributed by atoms with Crippen LogP contribution >= 0.6 is 31.9 Å². The van der Waals surface area contributed by atoms with Gasteiger partial charge in [-0.3, -0.25) is 14.6 Å². The highest BCUT2D eigenvalue weighted by atomic mass is 79.9. The Balaban J connectivity index is 1.99. The molecule has 0 atom stereocenters. The molecule has 22 heavy (non-hydrogen) atoms. The number of nitrogens with zero attached hydrogens (tertiary/aromatic N) is 2. The maximum Gasteiger partial charge on any atom is 0.255 e. The zero-order valence-corrected chi connectivity index (χ0v) is 14.9. The zero-order valence-electron chi connectivity index (χ0n) is 11.7. The van der Waals surface area contributed by atoms with Crippen molar-refractivity contribution in [2.45, 2.75) is 0 Å². The van der Waals surface area contributed by atoms with Gasteiger partial charge >= 0.3 is 0 Å². The monoisotopic (exact) mass is 425 g/mol. The van der Waals surface area contributed by atoms with E-state index in [-0.39, 0.29) is 18.4 Å². The molecule has 2 aromatic rings. The summed E-state index contributed by atoms with van der Waals surface area (Å²) in [6.45, 7) is -0.0489. The number of rotatable bonds is 4. The largest absolute Gasteiger partial charge is 0.332 e. The summed E-state index contributed by atoms with van der Waals surface area (Å²) >= 11 is 6.62. The number of hydrogen-bond acceptors (Lipinski definition) is 3. The van der Waals surface area contributed by atoms with E-state index in [0.29, 0.717) is 15.7 Å². The molecule has 0 saturated carbocycles. The number of carbonyl (C=O) groups excluding carboxylic acids is 2. The Morgan fingerprint density at radius 2 is 1.95 bits per heavy atom. The third kappa shape index (κ3) is 4.38. The molecule has 0 bridgehead atoms. The molecule has 0 radical (unpaired) electrons. The molecule has 0 aliphatic rings. The molecular formula is C15H13Br2N3O2. The number of hydrogen-bond donors (Lipinski definition) is 1. The number of aromatic nitrogens is 1. The van der Waals surface area contributed by atoms with E-state index >= 15 is 0 Å². The second-order valence-electron chi connectivity index (χ2n) is 4.58. The van der Waals surface area contributed by atoms with Crippen LogP contribution in [0.5, 0.6) is 0 Å². The van der Waals surface area contributed by atoms with Crippen molar-refractivity contribution in [1.29, 1.82) is 0 Å². The predicted octanol–water partition coefficient (Wildman–Crippen LogP) is 3.32. The van der Waals surface area contributed by atoms with Crippen LogP contribution in [-0.4, -0.2) is 35.3 Å². The summed E-state index contributed by atoms with van der Waals surface area (Å²) in [5, 5.41) is 2.75. The van der Waals surface area contributed by atoms with Gasteiger partial charge in [-0.2, -0.15) is 0 Å². The summed E-state index contributed by atoms with van der Waals surface area (Å²) in [6, 6.07) is 8.95. The van der Waals surface area contributed by atoms with Crippen molar-refractivity contribution in [3.8, 4) is 0 Å². The average molecular weight is 427 g/mol. The van der Waals surface area contributed by atoms with Crippen LogP contribution in [0.4, 0.5) is 5.69 Å². The Morgan fingerprint density at radius 1 is 1.23 bits per heavy atom. The van der Waals surface area contributed by atoms with Crippen molar-refractivity contribution in [2.24, 2.45) is 0 Å². The lowest BCUT2D eigenvalue weighted by molar-refractivity contribution is -0.116. The number of carbonyl (C=O) groups is 2. The maximum atomic E-state index is 12.2. The highest BCUT2D eigenvalue weighted by Crippen LogP contribution is 2.21. The van der Waals surface area contributed by atoms with Gasteiger partial charge in [-0.05, 0) is 50.1 Å². The van der Waals surface area contributed by atoms with Crippen LogP contribution in [-0.2, 0) is 4.79 Å². The molecule has 1 heterocycles. The van der Waals surface area contributed by atoms with Crippen molar-refractivity contribution in [3.63, 3.8) is 0 Å². The molecule has 0 spiro atoms. The van der Waals surface area contributed by atoms with Crippen molar-refractivity contribution in [3.05, 3.63) is 57.2 Å². The molecule has 1 aromatic heterocycles. The van der Waals surface area contributed by atoms with Crippen LogP contribution in [0.25, 0.3) is 0 Å². The number of para-hydroxylation sites is 1. The molecule has 0 saturated heterocycles. The van der Waals surface area contributed by atoms with Gasteiger partial charge < -0.3 is 10.2 Å². The lowest BCUT2D eigenvalue weighted by Crippen LogP contribution is -2.35. The first-order chi connectivity index (χ1) is 10.5. The Kier molecular flexibility index (Phi) is 5.68. The summed E-state index contributed by atoms with van der Waals surface area (Å²) in [6.07, 6.45) is 3.06. The Hall–Kier alpha value is -1.73. The fraction of sp³-hybridized carbons (Fsp3) is 0.133. The minimum atomic E-state index is -0.272. The molecule has 5 nitrogen and oxygen atoms in total. The Morgan fingerprint density at radius 3 is 2.64 bits per heavy atom. The number of nitrogens with one attached hydrogen (secondary N) is 1. The van der Waals surface area contributed by atoms with Gasteiger partial charge in [0.25, 0.3) is 5.91 Å². The van der Waals surface area contributed by atoms with Crippen molar-refractivity contribution in [2.75, 3.05) is 18.9 Å². The first-order valence-corrected chi connectivity index (χ1v) is 7.96. The maximum absolute atomic E-state index is 12.2. The van der Waals surface area contributed by atoms with Gasteiger partial charge in [0, 0.05) is 28.4 Å². The van der Waals surface area contributed by atoms with Crippen LogP contribution < -0.4 is 5.32 Å². The molecule has 7 heteroatoms. The molecule has 0 unspecified atom stereocenters. The molecule has 0 aliphatic carbocycles. The standard InChI is InChI=1S/C15H13Br2N3O2/c1-20(15(22)10-6-11(16)8-18-7-10)9-14(21)19-13-5-3-2-4-12(13)17/h2-8H,9H2,1H3,(H,19,21). The highest BCUT2D eigenvalue weighted by molar-refractivity contribution is 9.10. The minimum absolute atomic E-state index is 0.0489. The molecule has 0 fully saturated rings. The summed E-state index contributed by atoms with van der Waals surface area (Å²) in [5.41, 5.74) is 1.09. The van der Waals surface area contributed by atoms with Crippen molar-refractivity contribution < 1.29 is 9.59 Å². The smallest absolute Gasteiger partial charge is 0.255 e. The van der Waals surface area contributed by atoms with E-state index in [9.17, 15) is 9.59 Å². The molecular weight excluding hydrogens is 414 g/mol. The fourth-order valence-corrected chi connectivity index (χ4v) is 2.54. The molecule has 2 amide bonds. The SMILES string of the molecule is CN(CC(=O)Nc1ccccc1Br)C(=O)c1cncc(Br)c1. The fourth-order valence-electron chi connectivity index (χ4n) is 1.79. The van der Waals surface area contributed by atoms with Gasteiger partial charge in [-0.25, -0.2) is 0 Å². The van der Waals surface area contributed by atoms with Crippen molar-refractivity contribution in [1.82, 2.24) is 9.88 Å². The average Bonchev–Trinajstić information content (AvgIpc) is 2.48. The minimum Gasteiger partial charge on any atom is -0.332 e.